The summed E-state index contributed by atoms with van der Waals surface area (Å²) >= 11 is 0. The third-order valence-electron chi connectivity index (χ3n) is 5.68. The lowest BCUT2D eigenvalue weighted by atomic mass is 10.1. The molecule has 0 radical (unpaired) electrons. The summed E-state index contributed by atoms with van der Waals surface area (Å²) in [5.74, 6) is 0.790. The van der Waals surface area contributed by atoms with Crippen molar-refractivity contribution in [2.24, 2.45) is 0 Å². The molecule has 1 fully saturated rings. The Morgan fingerprint density at radius 3 is 2.52 bits per heavy atom. The molecule has 1 saturated heterocycles. The molecule has 2 aromatic rings. The van der Waals surface area contributed by atoms with Gasteiger partial charge in [0.25, 0.3) is 5.91 Å². The standard InChI is InChI=1S/C23H30FN3O2/c1-18-7-8-22(29-3)20(13-18)16-26-9-11-27(12-10-26)17-23(28)25(2)15-19-5-4-6-21(24)14-19/h4-8,13-14H,9-12,15-17H2,1-3H3/p+2. The van der Waals surface area contributed by atoms with Crippen LogP contribution in [0.5, 0.6) is 5.75 Å². The van der Waals surface area contributed by atoms with Gasteiger partial charge in [-0.15, -0.1) is 0 Å². The normalized spacial score (nSPS) is 19.0. The van der Waals surface area contributed by atoms with Crippen LogP contribution in [0.15, 0.2) is 42.5 Å². The van der Waals surface area contributed by atoms with E-state index < -0.39 is 0 Å². The van der Waals surface area contributed by atoms with Crippen LogP contribution in [0, 0.1) is 12.7 Å². The Hall–Kier alpha value is -2.44. The fourth-order valence-corrected chi connectivity index (χ4v) is 3.97. The number of carbonyl (C=O) groups excluding carboxylic acids is 1. The van der Waals surface area contributed by atoms with Crippen molar-refractivity contribution in [3.8, 4) is 5.75 Å². The molecule has 0 spiro atoms. The van der Waals surface area contributed by atoms with Crippen molar-refractivity contribution in [1.29, 1.82) is 0 Å². The number of nitrogens with zero attached hydrogens (tertiary/aromatic N) is 1. The molecule has 0 bridgehead atoms. The van der Waals surface area contributed by atoms with Gasteiger partial charge in [-0.1, -0.05) is 23.8 Å². The summed E-state index contributed by atoms with van der Waals surface area (Å²) in [6.45, 7) is 8.01. The van der Waals surface area contributed by atoms with E-state index in [9.17, 15) is 9.18 Å². The number of likely N-dealkylation sites (N-methyl/N-ethyl adjacent to an activating group) is 1. The Morgan fingerprint density at radius 2 is 1.83 bits per heavy atom. The Morgan fingerprint density at radius 1 is 1.10 bits per heavy atom. The van der Waals surface area contributed by atoms with Crippen LogP contribution in [0.4, 0.5) is 4.39 Å². The van der Waals surface area contributed by atoms with Gasteiger partial charge in [0.15, 0.2) is 6.54 Å². The highest BCUT2D eigenvalue weighted by Gasteiger charge is 2.26. The molecule has 0 unspecified atom stereocenters. The molecule has 3 rings (SSSR count). The molecule has 0 saturated carbocycles. The minimum atomic E-state index is -0.265. The van der Waals surface area contributed by atoms with E-state index in [1.165, 1.54) is 33.1 Å². The molecule has 2 N–H and O–H groups in total. The SMILES string of the molecule is COc1ccc(C)cc1C[NH+]1CC[NH+](CC(=O)N(C)Cc2cccc(F)c2)CC1. The lowest BCUT2D eigenvalue weighted by molar-refractivity contribution is -1.02. The van der Waals surface area contributed by atoms with E-state index in [4.69, 9.17) is 4.74 Å². The lowest BCUT2D eigenvalue weighted by Gasteiger charge is -2.30. The highest BCUT2D eigenvalue weighted by molar-refractivity contribution is 5.76. The van der Waals surface area contributed by atoms with Crippen LogP contribution in [0.1, 0.15) is 16.7 Å². The van der Waals surface area contributed by atoms with Gasteiger partial charge in [0.1, 0.15) is 44.3 Å². The summed E-state index contributed by atoms with van der Waals surface area (Å²) in [4.78, 5) is 17.1. The van der Waals surface area contributed by atoms with Gasteiger partial charge in [0.2, 0.25) is 0 Å². The van der Waals surface area contributed by atoms with Crippen molar-refractivity contribution < 1.29 is 23.7 Å². The van der Waals surface area contributed by atoms with Crippen molar-refractivity contribution in [3.05, 3.63) is 65.0 Å². The predicted molar refractivity (Wildman–Crippen MR) is 111 cm³/mol. The second-order valence-electron chi connectivity index (χ2n) is 8.05. The summed E-state index contributed by atoms with van der Waals surface area (Å²) in [6.07, 6.45) is 0. The van der Waals surface area contributed by atoms with Gasteiger partial charge in [-0.2, -0.15) is 0 Å². The molecule has 1 amide bonds. The number of nitrogens with one attached hydrogen (secondary N) is 2. The summed E-state index contributed by atoms with van der Waals surface area (Å²) in [5.41, 5.74) is 3.31. The molecule has 29 heavy (non-hydrogen) atoms. The van der Waals surface area contributed by atoms with E-state index >= 15 is 0 Å². The number of rotatable bonds is 7. The second-order valence-corrected chi connectivity index (χ2v) is 8.05. The molecule has 6 heteroatoms. The van der Waals surface area contributed by atoms with Gasteiger partial charge in [-0.25, -0.2) is 4.39 Å². The van der Waals surface area contributed by atoms with Crippen molar-refractivity contribution in [3.63, 3.8) is 0 Å². The first-order chi connectivity index (χ1) is 13.9. The van der Waals surface area contributed by atoms with Crippen molar-refractivity contribution in [2.75, 3.05) is 46.9 Å². The first-order valence-corrected chi connectivity index (χ1v) is 10.2. The van der Waals surface area contributed by atoms with Crippen molar-refractivity contribution >= 4 is 5.91 Å². The maximum Gasteiger partial charge on any atom is 0.277 e. The predicted octanol–water partition coefficient (Wildman–Crippen LogP) is 0.0847. The van der Waals surface area contributed by atoms with Gasteiger partial charge in [-0.3, -0.25) is 4.79 Å². The number of ether oxygens (including phenoxy) is 1. The zero-order chi connectivity index (χ0) is 20.8. The third-order valence-corrected chi connectivity index (χ3v) is 5.68. The molecular formula is C23H32FN3O2+2. The molecule has 156 valence electrons. The summed E-state index contributed by atoms with van der Waals surface area (Å²) in [6, 6.07) is 12.8. The number of halogens is 1. The maximum absolute atomic E-state index is 13.3. The molecular weight excluding hydrogens is 369 g/mol. The summed E-state index contributed by atoms with van der Waals surface area (Å²) < 4.78 is 18.8. The van der Waals surface area contributed by atoms with E-state index in [0.717, 1.165) is 44.0 Å². The summed E-state index contributed by atoms with van der Waals surface area (Å²) in [7, 11) is 3.51. The second kappa shape index (κ2) is 9.85. The van der Waals surface area contributed by atoms with Crippen LogP contribution in [0.25, 0.3) is 0 Å². The molecule has 0 aromatic heterocycles. The number of methoxy groups -OCH3 is 1. The topological polar surface area (TPSA) is 38.4 Å². The Labute approximate surface area is 172 Å². The number of aryl methyl sites for hydroxylation is 1. The largest absolute Gasteiger partial charge is 0.496 e. The number of piperazine rings is 1. The first-order valence-electron chi connectivity index (χ1n) is 10.2. The molecule has 1 aliphatic heterocycles. The lowest BCUT2D eigenvalue weighted by Crippen LogP contribution is -3.28. The number of quaternary nitrogens is 2. The zero-order valence-electron chi connectivity index (χ0n) is 17.6. The molecule has 2 aromatic carbocycles. The smallest absolute Gasteiger partial charge is 0.277 e. The van der Waals surface area contributed by atoms with E-state index in [2.05, 4.69) is 19.1 Å². The highest BCUT2D eigenvalue weighted by Crippen LogP contribution is 2.18. The molecule has 5 nitrogen and oxygen atoms in total. The quantitative estimate of drug-likeness (QED) is 0.690. The van der Waals surface area contributed by atoms with Crippen molar-refractivity contribution in [2.45, 2.75) is 20.0 Å². The van der Waals surface area contributed by atoms with Crippen LogP contribution < -0.4 is 14.5 Å². The fraction of sp³-hybridized carbons (Fsp3) is 0.435. The molecule has 0 aliphatic carbocycles. The van der Waals surface area contributed by atoms with E-state index in [1.54, 1.807) is 25.1 Å². The molecule has 1 heterocycles. The zero-order valence-corrected chi connectivity index (χ0v) is 17.6. The average molecular weight is 402 g/mol. The van der Waals surface area contributed by atoms with Crippen LogP contribution in [0.3, 0.4) is 0 Å². The van der Waals surface area contributed by atoms with E-state index in [0.29, 0.717) is 13.1 Å². The van der Waals surface area contributed by atoms with Crippen LogP contribution in [-0.4, -0.2) is 57.7 Å². The minimum Gasteiger partial charge on any atom is -0.496 e. The first kappa shape index (κ1) is 21.3. The van der Waals surface area contributed by atoms with Crippen LogP contribution in [0.2, 0.25) is 0 Å². The number of carbonyl (C=O) groups is 1. The van der Waals surface area contributed by atoms with E-state index in [-0.39, 0.29) is 11.7 Å². The number of amides is 1. The minimum absolute atomic E-state index is 0.105. The van der Waals surface area contributed by atoms with Gasteiger partial charge < -0.3 is 19.4 Å². The third kappa shape index (κ3) is 6.02. The highest BCUT2D eigenvalue weighted by atomic mass is 19.1. The maximum atomic E-state index is 13.3. The van der Waals surface area contributed by atoms with E-state index in [1.807, 2.05) is 12.1 Å². The summed E-state index contributed by atoms with van der Waals surface area (Å²) in [5, 5.41) is 0. The number of benzene rings is 2. The van der Waals surface area contributed by atoms with Gasteiger partial charge >= 0.3 is 0 Å². The Kier molecular flexibility index (Phi) is 7.23. The van der Waals surface area contributed by atoms with Gasteiger partial charge in [-0.05, 0) is 36.8 Å². The Balaban J connectivity index is 1.47. The van der Waals surface area contributed by atoms with Crippen molar-refractivity contribution in [1.82, 2.24) is 4.90 Å². The Bertz CT molecular complexity index is 835. The fourth-order valence-electron chi connectivity index (χ4n) is 3.97. The monoisotopic (exact) mass is 401 g/mol. The number of hydrogen-bond acceptors (Lipinski definition) is 2. The number of hydrogen-bond donors (Lipinski definition) is 2. The van der Waals surface area contributed by atoms with Crippen LogP contribution in [-0.2, 0) is 17.9 Å². The van der Waals surface area contributed by atoms with Crippen LogP contribution >= 0.6 is 0 Å². The molecule has 1 aliphatic rings. The molecule has 0 atom stereocenters. The average Bonchev–Trinajstić information content (AvgIpc) is 2.69. The van der Waals surface area contributed by atoms with Gasteiger partial charge in [0, 0.05) is 19.2 Å². The van der Waals surface area contributed by atoms with Gasteiger partial charge in [0.05, 0.1) is 7.11 Å².